The average Bonchev–Trinajstić information content (AvgIpc) is 2.35. The third-order valence-corrected chi connectivity index (χ3v) is 4.00. The molecule has 6 nitrogen and oxygen atoms in total. The molecule has 1 heterocycles. The number of carbonyl (C=O) groups is 2. The number of ether oxygens (including phenoxy) is 1. The van der Waals surface area contributed by atoms with Gasteiger partial charge < -0.3 is 4.74 Å². The van der Waals surface area contributed by atoms with Crippen LogP contribution in [0.25, 0.3) is 0 Å². The van der Waals surface area contributed by atoms with E-state index in [0.717, 1.165) is 6.42 Å². The van der Waals surface area contributed by atoms with Gasteiger partial charge >= 0.3 is 6.09 Å². The first-order chi connectivity index (χ1) is 8.78. The molecule has 0 aliphatic carbocycles. The smallest absolute Gasteiger partial charge is 0.411 e. The number of hydrogen-bond acceptors (Lipinski definition) is 5. The molecule has 0 spiro atoms. The van der Waals surface area contributed by atoms with Crippen molar-refractivity contribution in [2.45, 2.75) is 50.5 Å². The molecule has 2 amide bonds. The van der Waals surface area contributed by atoms with Crippen LogP contribution in [0.15, 0.2) is 0 Å². The number of nitrogens with one attached hydrogen (secondary N) is 1. The summed E-state index contributed by atoms with van der Waals surface area (Å²) in [5.74, 6) is 4.83. The number of carbonyl (C=O) groups excluding carboxylic acids is 2. The summed E-state index contributed by atoms with van der Waals surface area (Å²) >= 11 is 1.69. The number of piperidine rings is 1. The van der Waals surface area contributed by atoms with Crippen LogP contribution in [0.4, 0.5) is 4.79 Å². The standard InChI is InChI=1S/C12H23N3O3S/c1-12(2,3)18-11(17)15-7-8(19-4)5-6-9(15)10(16)14-13/h8-9H,5-7,13H2,1-4H3,(H,14,16)/t8?,9-/m1/s1. The number of likely N-dealkylation sites (tertiary alicyclic amines) is 1. The van der Waals surface area contributed by atoms with Gasteiger partial charge in [-0.25, -0.2) is 10.6 Å². The quantitative estimate of drug-likeness (QED) is 0.452. The van der Waals surface area contributed by atoms with Gasteiger partial charge in [0.05, 0.1) is 0 Å². The number of thioether (sulfide) groups is 1. The lowest BCUT2D eigenvalue weighted by atomic mass is 10.0. The van der Waals surface area contributed by atoms with E-state index in [1.165, 1.54) is 4.90 Å². The van der Waals surface area contributed by atoms with E-state index in [1.807, 2.05) is 6.26 Å². The minimum absolute atomic E-state index is 0.328. The van der Waals surface area contributed by atoms with E-state index in [4.69, 9.17) is 10.6 Å². The van der Waals surface area contributed by atoms with Crippen molar-refractivity contribution in [3.8, 4) is 0 Å². The Morgan fingerprint density at radius 3 is 2.47 bits per heavy atom. The topological polar surface area (TPSA) is 84.7 Å². The van der Waals surface area contributed by atoms with E-state index in [0.29, 0.717) is 18.2 Å². The molecule has 0 radical (unpaired) electrons. The van der Waals surface area contributed by atoms with Crippen molar-refractivity contribution in [1.82, 2.24) is 10.3 Å². The van der Waals surface area contributed by atoms with E-state index in [9.17, 15) is 9.59 Å². The van der Waals surface area contributed by atoms with Gasteiger partial charge in [0.1, 0.15) is 11.6 Å². The number of amides is 2. The predicted molar refractivity (Wildman–Crippen MR) is 75.6 cm³/mol. The number of rotatable bonds is 2. The Morgan fingerprint density at radius 2 is 2.00 bits per heavy atom. The van der Waals surface area contributed by atoms with Crippen molar-refractivity contribution in [3.63, 3.8) is 0 Å². The lowest BCUT2D eigenvalue weighted by Crippen LogP contribution is -2.56. The van der Waals surface area contributed by atoms with Gasteiger partial charge in [-0.1, -0.05) is 0 Å². The molecule has 1 aliphatic rings. The summed E-state index contributed by atoms with van der Waals surface area (Å²) in [4.78, 5) is 25.4. The lowest BCUT2D eigenvalue weighted by Gasteiger charge is -2.38. The van der Waals surface area contributed by atoms with Gasteiger partial charge in [0.25, 0.3) is 5.91 Å². The third-order valence-electron chi connectivity index (χ3n) is 2.94. The fourth-order valence-electron chi connectivity index (χ4n) is 2.02. The lowest BCUT2D eigenvalue weighted by molar-refractivity contribution is -0.127. The summed E-state index contributed by atoms with van der Waals surface area (Å²) in [5, 5.41) is 0.328. The van der Waals surface area contributed by atoms with E-state index in [-0.39, 0.29) is 5.91 Å². The van der Waals surface area contributed by atoms with Crippen LogP contribution in [0, 0.1) is 0 Å². The highest BCUT2D eigenvalue weighted by Gasteiger charge is 2.37. The number of nitrogens with two attached hydrogens (primary N) is 1. The molecule has 2 atom stereocenters. The first-order valence-electron chi connectivity index (χ1n) is 6.31. The molecular formula is C12H23N3O3S. The minimum atomic E-state index is -0.576. The fraction of sp³-hybridized carbons (Fsp3) is 0.833. The van der Waals surface area contributed by atoms with Crippen molar-refractivity contribution in [2.75, 3.05) is 12.8 Å². The average molecular weight is 289 g/mol. The van der Waals surface area contributed by atoms with Gasteiger partial charge in [-0.3, -0.25) is 15.1 Å². The predicted octanol–water partition coefficient (Wildman–Crippen LogP) is 1.11. The zero-order valence-corrected chi connectivity index (χ0v) is 12.8. The van der Waals surface area contributed by atoms with Gasteiger partial charge in [0.15, 0.2) is 0 Å². The molecule has 0 saturated carbocycles. The molecule has 1 aliphatic heterocycles. The first kappa shape index (κ1) is 16.1. The molecule has 1 fully saturated rings. The zero-order chi connectivity index (χ0) is 14.6. The Hall–Kier alpha value is -0.950. The largest absolute Gasteiger partial charge is 0.444 e. The Bertz CT molecular complexity index is 344. The van der Waals surface area contributed by atoms with Gasteiger partial charge in [0.2, 0.25) is 0 Å². The van der Waals surface area contributed by atoms with E-state index >= 15 is 0 Å². The maximum absolute atomic E-state index is 12.2. The summed E-state index contributed by atoms with van der Waals surface area (Å²) in [6.07, 6.45) is 3.04. The van der Waals surface area contributed by atoms with Crippen LogP contribution in [0.5, 0.6) is 0 Å². The van der Waals surface area contributed by atoms with Crippen LogP contribution in [-0.4, -0.2) is 46.6 Å². The molecule has 0 aromatic carbocycles. The fourth-order valence-corrected chi connectivity index (χ4v) is 2.70. The second-order valence-corrected chi connectivity index (χ2v) is 6.73. The normalized spacial score (nSPS) is 23.9. The Kier molecular flexibility index (Phi) is 5.49. The third kappa shape index (κ3) is 4.58. The molecule has 0 aromatic heterocycles. The van der Waals surface area contributed by atoms with Crippen LogP contribution in [0.3, 0.4) is 0 Å². The highest BCUT2D eigenvalue weighted by atomic mass is 32.2. The first-order valence-corrected chi connectivity index (χ1v) is 7.60. The minimum Gasteiger partial charge on any atom is -0.444 e. The van der Waals surface area contributed by atoms with Crippen LogP contribution in [0.1, 0.15) is 33.6 Å². The van der Waals surface area contributed by atoms with Crippen LogP contribution in [-0.2, 0) is 9.53 Å². The molecule has 0 aromatic rings. The molecule has 1 rings (SSSR count). The Balaban J connectivity index is 2.81. The summed E-state index contributed by atoms with van der Waals surface area (Å²) < 4.78 is 5.35. The van der Waals surface area contributed by atoms with Gasteiger partial charge in [-0.05, 0) is 39.9 Å². The summed E-state index contributed by atoms with van der Waals surface area (Å²) in [7, 11) is 0. The maximum Gasteiger partial charge on any atom is 0.411 e. The van der Waals surface area contributed by atoms with Crippen LogP contribution >= 0.6 is 11.8 Å². The van der Waals surface area contributed by atoms with E-state index < -0.39 is 17.7 Å². The Labute approximate surface area is 118 Å². The SMILES string of the molecule is CSC1CC[C@H](C(=O)NN)N(C(=O)OC(C)(C)C)C1. The second kappa shape index (κ2) is 6.47. The van der Waals surface area contributed by atoms with Crippen molar-refractivity contribution in [1.29, 1.82) is 0 Å². The number of hydrazine groups is 1. The molecule has 7 heteroatoms. The molecule has 3 N–H and O–H groups in total. The van der Waals surface area contributed by atoms with Crippen LogP contribution < -0.4 is 11.3 Å². The second-order valence-electron chi connectivity index (χ2n) is 5.59. The molecule has 110 valence electrons. The van der Waals surface area contributed by atoms with Gasteiger partial charge in [0, 0.05) is 11.8 Å². The number of hydrogen-bond donors (Lipinski definition) is 2. The van der Waals surface area contributed by atoms with Gasteiger partial charge in [-0.2, -0.15) is 11.8 Å². The van der Waals surface area contributed by atoms with Gasteiger partial charge in [-0.15, -0.1) is 0 Å². The van der Waals surface area contributed by atoms with E-state index in [1.54, 1.807) is 32.5 Å². The zero-order valence-electron chi connectivity index (χ0n) is 11.9. The van der Waals surface area contributed by atoms with Crippen molar-refractivity contribution < 1.29 is 14.3 Å². The number of nitrogens with zero attached hydrogens (tertiary/aromatic N) is 1. The summed E-state index contributed by atoms with van der Waals surface area (Å²) in [5.41, 5.74) is 1.54. The molecule has 19 heavy (non-hydrogen) atoms. The highest BCUT2D eigenvalue weighted by Crippen LogP contribution is 2.26. The highest BCUT2D eigenvalue weighted by molar-refractivity contribution is 7.99. The van der Waals surface area contributed by atoms with E-state index in [2.05, 4.69) is 5.43 Å². The van der Waals surface area contributed by atoms with Crippen molar-refractivity contribution in [3.05, 3.63) is 0 Å². The van der Waals surface area contributed by atoms with Crippen molar-refractivity contribution in [2.24, 2.45) is 5.84 Å². The van der Waals surface area contributed by atoms with Crippen LogP contribution in [0.2, 0.25) is 0 Å². The monoisotopic (exact) mass is 289 g/mol. The summed E-state index contributed by atoms with van der Waals surface area (Å²) in [6, 6.07) is -0.539. The molecule has 1 saturated heterocycles. The molecule has 1 unspecified atom stereocenters. The summed E-state index contributed by atoms with van der Waals surface area (Å²) in [6.45, 7) is 5.92. The maximum atomic E-state index is 12.2. The Morgan fingerprint density at radius 1 is 1.37 bits per heavy atom. The molecular weight excluding hydrogens is 266 g/mol. The van der Waals surface area contributed by atoms with Crippen molar-refractivity contribution >= 4 is 23.8 Å². The molecule has 0 bridgehead atoms.